The largest absolute Gasteiger partial charge is 0.508 e. The van der Waals surface area contributed by atoms with Crippen LogP contribution < -0.4 is 10.1 Å². The number of ether oxygens (including phenoxy) is 1. The second kappa shape index (κ2) is 6.06. The zero-order valence-corrected chi connectivity index (χ0v) is 12.5. The van der Waals surface area contributed by atoms with Crippen LogP contribution in [0.1, 0.15) is 24.1 Å². The molecule has 0 aliphatic rings. The molecule has 1 unspecified atom stereocenters. The average Bonchev–Trinajstić information content (AvgIpc) is 2.42. The monoisotopic (exact) mass is 291 g/mol. The minimum absolute atomic E-state index is 0.0385. The molecule has 0 aliphatic carbocycles. The molecule has 0 heterocycles. The summed E-state index contributed by atoms with van der Waals surface area (Å²) in [6.07, 6.45) is 0. The average molecular weight is 292 g/mol. The molecule has 1 atom stereocenters. The van der Waals surface area contributed by atoms with Crippen molar-refractivity contribution in [2.45, 2.75) is 19.9 Å². The highest BCUT2D eigenvalue weighted by Gasteiger charge is 2.11. The van der Waals surface area contributed by atoms with Crippen LogP contribution in [-0.4, -0.2) is 12.2 Å². The smallest absolute Gasteiger partial charge is 0.143 e. The summed E-state index contributed by atoms with van der Waals surface area (Å²) in [6.45, 7) is 3.98. The van der Waals surface area contributed by atoms with E-state index in [0.29, 0.717) is 10.8 Å². The van der Waals surface area contributed by atoms with Gasteiger partial charge in [-0.1, -0.05) is 23.7 Å². The van der Waals surface area contributed by atoms with Gasteiger partial charge in [0.25, 0.3) is 0 Å². The number of phenols is 1. The molecule has 106 valence electrons. The van der Waals surface area contributed by atoms with Gasteiger partial charge in [0.1, 0.15) is 11.5 Å². The molecule has 0 aliphatic heterocycles. The molecule has 2 rings (SSSR count). The second-order valence-electron chi connectivity index (χ2n) is 4.76. The molecule has 2 aromatic rings. The minimum Gasteiger partial charge on any atom is -0.508 e. The normalized spacial score (nSPS) is 12.0. The number of benzene rings is 2. The van der Waals surface area contributed by atoms with Crippen LogP contribution >= 0.6 is 11.6 Å². The first-order valence-electron chi connectivity index (χ1n) is 6.41. The standard InChI is InChI=1S/C16H18ClNO2/c1-10-7-15(16(20-3)9-14(10)17)18-11(2)12-5-4-6-13(19)8-12/h4-9,11,18-19H,1-3H3. The highest BCUT2D eigenvalue weighted by molar-refractivity contribution is 6.31. The highest BCUT2D eigenvalue weighted by atomic mass is 35.5. The number of hydrogen-bond acceptors (Lipinski definition) is 3. The first-order chi connectivity index (χ1) is 9.51. The Morgan fingerprint density at radius 2 is 2.00 bits per heavy atom. The Kier molecular flexibility index (Phi) is 4.40. The fourth-order valence-electron chi connectivity index (χ4n) is 2.06. The SMILES string of the molecule is COc1cc(Cl)c(C)cc1NC(C)c1cccc(O)c1. The van der Waals surface area contributed by atoms with Crippen LogP contribution in [0.4, 0.5) is 5.69 Å². The topological polar surface area (TPSA) is 41.5 Å². The van der Waals surface area contributed by atoms with Crippen LogP contribution in [-0.2, 0) is 0 Å². The van der Waals surface area contributed by atoms with Crippen LogP contribution in [0, 0.1) is 6.92 Å². The van der Waals surface area contributed by atoms with E-state index >= 15 is 0 Å². The fraction of sp³-hybridized carbons (Fsp3) is 0.250. The molecule has 0 spiro atoms. The number of anilines is 1. The molecule has 20 heavy (non-hydrogen) atoms. The van der Waals surface area contributed by atoms with E-state index in [1.165, 1.54) is 0 Å². The van der Waals surface area contributed by atoms with Gasteiger partial charge in [0.2, 0.25) is 0 Å². The maximum atomic E-state index is 9.54. The van der Waals surface area contributed by atoms with Crippen molar-refractivity contribution in [3.05, 3.63) is 52.5 Å². The predicted octanol–water partition coefficient (Wildman–Crippen LogP) is 4.54. The van der Waals surface area contributed by atoms with Crippen molar-refractivity contribution in [3.63, 3.8) is 0 Å². The molecular weight excluding hydrogens is 274 g/mol. The number of hydrogen-bond donors (Lipinski definition) is 2. The van der Waals surface area contributed by atoms with Crippen molar-refractivity contribution in [3.8, 4) is 11.5 Å². The first-order valence-corrected chi connectivity index (χ1v) is 6.78. The number of aryl methyl sites for hydroxylation is 1. The summed E-state index contributed by atoms with van der Waals surface area (Å²) in [5.41, 5.74) is 2.86. The Labute approximate surface area is 124 Å². The number of methoxy groups -OCH3 is 1. The van der Waals surface area contributed by atoms with Gasteiger partial charge < -0.3 is 15.2 Å². The minimum atomic E-state index is 0.0385. The number of halogens is 1. The molecule has 3 nitrogen and oxygen atoms in total. The summed E-state index contributed by atoms with van der Waals surface area (Å²) in [5.74, 6) is 0.961. The van der Waals surface area contributed by atoms with E-state index in [0.717, 1.165) is 16.8 Å². The van der Waals surface area contributed by atoms with E-state index in [2.05, 4.69) is 5.32 Å². The van der Waals surface area contributed by atoms with Crippen molar-refractivity contribution in [1.29, 1.82) is 0 Å². The summed E-state index contributed by atoms with van der Waals surface area (Å²) in [5, 5.41) is 13.6. The second-order valence-corrected chi connectivity index (χ2v) is 5.17. The zero-order valence-electron chi connectivity index (χ0n) is 11.8. The van der Waals surface area contributed by atoms with E-state index in [9.17, 15) is 5.11 Å². The third-order valence-corrected chi connectivity index (χ3v) is 3.63. The third kappa shape index (κ3) is 3.17. The van der Waals surface area contributed by atoms with E-state index in [1.807, 2.05) is 32.0 Å². The Morgan fingerprint density at radius 3 is 2.65 bits per heavy atom. The molecule has 2 aromatic carbocycles. The number of phenolic OH excluding ortho intramolecular Hbond substituents is 1. The molecule has 0 bridgehead atoms. The molecule has 0 amide bonds. The summed E-state index contributed by atoms with van der Waals surface area (Å²) in [6, 6.07) is 11.0. The maximum Gasteiger partial charge on any atom is 0.143 e. The molecule has 4 heteroatoms. The van der Waals surface area contributed by atoms with Crippen LogP contribution in [0.25, 0.3) is 0 Å². The maximum absolute atomic E-state index is 9.54. The quantitative estimate of drug-likeness (QED) is 0.869. The van der Waals surface area contributed by atoms with E-state index in [1.54, 1.807) is 25.3 Å². The van der Waals surface area contributed by atoms with Gasteiger partial charge in [0.05, 0.1) is 12.8 Å². The Bertz CT molecular complexity index is 613. The van der Waals surface area contributed by atoms with Crippen molar-refractivity contribution in [2.75, 3.05) is 12.4 Å². The highest BCUT2D eigenvalue weighted by Crippen LogP contribution is 2.33. The Hall–Kier alpha value is -1.87. The van der Waals surface area contributed by atoms with Crippen LogP contribution in [0.2, 0.25) is 5.02 Å². The lowest BCUT2D eigenvalue weighted by Gasteiger charge is -2.19. The van der Waals surface area contributed by atoms with Crippen molar-refractivity contribution >= 4 is 17.3 Å². The summed E-state index contributed by atoms with van der Waals surface area (Å²) in [7, 11) is 1.62. The fourth-order valence-corrected chi connectivity index (χ4v) is 2.21. The first kappa shape index (κ1) is 14.5. The molecule has 0 fully saturated rings. The van der Waals surface area contributed by atoms with Crippen LogP contribution in [0.15, 0.2) is 36.4 Å². The Morgan fingerprint density at radius 1 is 1.25 bits per heavy atom. The molecule has 0 radical (unpaired) electrons. The number of aromatic hydroxyl groups is 1. The van der Waals surface area contributed by atoms with Crippen LogP contribution in [0.5, 0.6) is 11.5 Å². The van der Waals surface area contributed by atoms with Gasteiger partial charge in [-0.3, -0.25) is 0 Å². The molecular formula is C16H18ClNO2. The van der Waals surface area contributed by atoms with Crippen molar-refractivity contribution in [1.82, 2.24) is 0 Å². The summed E-state index contributed by atoms with van der Waals surface area (Å²) in [4.78, 5) is 0. The third-order valence-electron chi connectivity index (χ3n) is 3.22. The van der Waals surface area contributed by atoms with E-state index < -0.39 is 0 Å². The van der Waals surface area contributed by atoms with Crippen molar-refractivity contribution in [2.24, 2.45) is 0 Å². The molecule has 2 N–H and O–H groups in total. The molecule has 0 saturated heterocycles. The van der Waals surface area contributed by atoms with Gasteiger partial charge in [-0.15, -0.1) is 0 Å². The lowest BCUT2D eigenvalue weighted by atomic mass is 10.1. The summed E-state index contributed by atoms with van der Waals surface area (Å²) >= 11 is 6.10. The zero-order chi connectivity index (χ0) is 14.7. The summed E-state index contributed by atoms with van der Waals surface area (Å²) < 4.78 is 5.35. The van der Waals surface area contributed by atoms with E-state index in [-0.39, 0.29) is 11.8 Å². The van der Waals surface area contributed by atoms with Gasteiger partial charge in [-0.2, -0.15) is 0 Å². The van der Waals surface area contributed by atoms with E-state index in [4.69, 9.17) is 16.3 Å². The Balaban J connectivity index is 2.27. The van der Waals surface area contributed by atoms with Crippen molar-refractivity contribution < 1.29 is 9.84 Å². The van der Waals surface area contributed by atoms with Gasteiger partial charge >= 0.3 is 0 Å². The lowest BCUT2D eigenvalue weighted by molar-refractivity contribution is 0.416. The lowest BCUT2D eigenvalue weighted by Crippen LogP contribution is -2.08. The van der Waals surface area contributed by atoms with Gasteiger partial charge in [0, 0.05) is 17.1 Å². The predicted molar refractivity (Wildman–Crippen MR) is 82.9 cm³/mol. The van der Waals surface area contributed by atoms with Gasteiger partial charge in [0.15, 0.2) is 0 Å². The van der Waals surface area contributed by atoms with Gasteiger partial charge in [-0.05, 0) is 43.2 Å². The molecule has 0 aromatic heterocycles. The number of rotatable bonds is 4. The number of nitrogens with one attached hydrogen (secondary N) is 1. The van der Waals surface area contributed by atoms with Crippen LogP contribution in [0.3, 0.4) is 0 Å². The molecule has 0 saturated carbocycles. The van der Waals surface area contributed by atoms with Gasteiger partial charge in [-0.25, -0.2) is 0 Å².